The van der Waals surface area contributed by atoms with Crippen LogP contribution in [0.5, 0.6) is 5.75 Å². The van der Waals surface area contributed by atoms with Crippen molar-refractivity contribution in [1.82, 2.24) is 0 Å². The normalized spacial score (nSPS) is 10.3. The van der Waals surface area contributed by atoms with Gasteiger partial charge in [0, 0.05) is 51.7 Å². The fraction of sp³-hybridized carbons (Fsp3) is 0.333. The fourth-order valence-electron chi connectivity index (χ4n) is 1.72. The fourth-order valence-corrected chi connectivity index (χ4v) is 1.72. The van der Waals surface area contributed by atoms with E-state index < -0.39 is 0 Å². The molecule has 19 heavy (non-hydrogen) atoms. The van der Waals surface area contributed by atoms with E-state index in [4.69, 9.17) is 9.15 Å². The van der Waals surface area contributed by atoms with Gasteiger partial charge in [-0.1, -0.05) is 0 Å². The van der Waals surface area contributed by atoms with Gasteiger partial charge in [0.15, 0.2) is 0 Å². The Kier molecular flexibility index (Phi) is 4.00. The lowest BCUT2D eigenvalue weighted by atomic mass is 10.2. The van der Waals surface area contributed by atoms with Crippen LogP contribution >= 0.6 is 0 Å². The van der Waals surface area contributed by atoms with E-state index in [2.05, 4.69) is 15.9 Å². The highest BCUT2D eigenvalue weighted by Gasteiger charge is 2.06. The molecule has 0 bridgehead atoms. The van der Waals surface area contributed by atoms with Crippen molar-refractivity contribution >= 4 is 11.4 Å². The molecule has 0 N–H and O–H groups in total. The molecule has 0 unspecified atom stereocenters. The quantitative estimate of drug-likeness (QED) is 0.826. The summed E-state index contributed by atoms with van der Waals surface area (Å²) in [6.07, 6.45) is 1.65. The van der Waals surface area contributed by atoms with Crippen LogP contribution in [-0.4, -0.2) is 28.2 Å². The molecular formula is C15H20N2O2. The smallest absolute Gasteiger partial charge is 0.146 e. The van der Waals surface area contributed by atoms with Gasteiger partial charge in [0.25, 0.3) is 0 Å². The van der Waals surface area contributed by atoms with Crippen molar-refractivity contribution in [3.63, 3.8) is 0 Å². The van der Waals surface area contributed by atoms with E-state index in [1.165, 1.54) is 0 Å². The van der Waals surface area contributed by atoms with Crippen molar-refractivity contribution in [1.29, 1.82) is 0 Å². The van der Waals surface area contributed by atoms with E-state index >= 15 is 0 Å². The van der Waals surface area contributed by atoms with Crippen LogP contribution in [-0.2, 0) is 6.61 Å². The van der Waals surface area contributed by atoms with E-state index in [0.29, 0.717) is 6.61 Å². The van der Waals surface area contributed by atoms with Gasteiger partial charge in [-0.3, -0.25) is 0 Å². The lowest BCUT2D eigenvalue weighted by Gasteiger charge is -2.19. The molecule has 0 radical (unpaired) electrons. The molecule has 1 aromatic heterocycles. The topological polar surface area (TPSA) is 28.9 Å². The van der Waals surface area contributed by atoms with Gasteiger partial charge in [-0.15, -0.1) is 0 Å². The van der Waals surface area contributed by atoms with Gasteiger partial charge in [-0.25, -0.2) is 0 Å². The molecule has 1 heterocycles. The summed E-state index contributed by atoms with van der Waals surface area (Å²) in [5.41, 5.74) is 2.22. The monoisotopic (exact) mass is 260 g/mol. The van der Waals surface area contributed by atoms with Crippen LogP contribution in [0.2, 0.25) is 0 Å². The number of rotatable bonds is 5. The van der Waals surface area contributed by atoms with Gasteiger partial charge in [0.1, 0.15) is 18.1 Å². The molecule has 0 amide bonds. The lowest BCUT2D eigenvalue weighted by Crippen LogP contribution is -2.13. The third-order valence-electron chi connectivity index (χ3n) is 2.87. The molecule has 0 saturated heterocycles. The minimum Gasteiger partial charge on any atom is -0.486 e. The van der Waals surface area contributed by atoms with E-state index in [1.807, 2.05) is 52.5 Å². The van der Waals surface area contributed by atoms with E-state index in [9.17, 15) is 0 Å². The van der Waals surface area contributed by atoms with E-state index in [1.54, 1.807) is 6.26 Å². The van der Waals surface area contributed by atoms with Crippen molar-refractivity contribution < 1.29 is 9.15 Å². The molecule has 0 aliphatic carbocycles. The van der Waals surface area contributed by atoms with Crippen molar-refractivity contribution in [3.8, 4) is 5.75 Å². The highest BCUT2D eigenvalue weighted by Crippen LogP contribution is 2.28. The number of ether oxygens (including phenoxy) is 1. The van der Waals surface area contributed by atoms with Crippen LogP contribution in [0, 0.1) is 0 Å². The Morgan fingerprint density at radius 1 is 1.00 bits per heavy atom. The maximum Gasteiger partial charge on any atom is 0.146 e. The second-order valence-electron chi connectivity index (χ2n) is 4.84. The van der Waals surface area contributed by atoms with Gasteiger partial charge in [-0.2, -0.15) is 0 Å². The number of hydrogen-bond donors (Lipinski definition) is 0. The zero-order valence-corrected chi connectivity index (χ0v) is 11.9. The average molecular weight is 260 g/mol. The SMILES string of the molecule is CN(C)c1cc(OCc2ccco2)cc(N(C)C)c1. The summed E-state index contributed by atoms with van der Waals surface area (Å²) >= 11 is 0. The molecule has 0 aliphatic heterocycles. The Balaban J connectivity index is 2.18. The molecule has 0 spiro atoms. The number of furan rings is 1. The van der Waals surface area contributed by atoms with Crippen LogP contribution < -0.4 is 14.5 Å². The molecule has 2 rings (SSSR count). The van der Waals surface area contributed by atoms with Crippen LogP contribution in [0.25, 0.3) is 0 Å². The van der Waals surface area contributed by atoms with Gasteiger partial charge in [0.05, 0.1) is 6.26 Å². The van der Waals surface area contributed by atoms with Crippen molar-refractivity contribution in [2.75, 3.05) is 38.0 Å². The molecule has 2 aromatic rings. The van der Waals surface area contributed by atoms with Gasteiger partial charge < -0.3 is 19.0 Å². The Bertz CT molecular complexity index is 493. The zero-order valence-electron chi connectivity index (χ0n) is 11.9. The largest absolute Gasteiger partial charge is 0.486 e. The molecule has 0 atom stereocenters. The first-order valence-electron chi connectivity index (χ1n) is 6.21. The van der Waals surface area contributed by atoms with Crippen LogP contribution in [0.3, 0.4) is 0 Å². The Labute approximate surface area is 114 Å². The molecule has 0 saturated carbocycles. The minimum absolute atomic E-state index is 0.441. The van der Waals surface area contributed by atoms with E-state index in [-0.39, 0.29) is 0 Å². The predicted octanol–water partition coefficient (Wildman–Crippen LogP) is 2.99. The third-order valence-corrected chi connectivity index (χ3v) is 2.87. The first-order valence-corrected chi connectivity index (χ1v) is 6.21. The Hall–Kier alpha value is -2.10. The highest BCUT2D eigenvalue weighted by atomic mass is 16.5. The molecule has 4 heteroatoms. The summed E-state index contributed by atoms with van der Waals surface area (Å²) in [6, 6.07) is 9.94. The Morgan fingerprint density at radius 3 is 2.11 bits per heavy atom. The van der Waals surface area contributed by atoms with Crippen LogP contribution in [0.4, 0.5) is 11.4 Å². The minimum atomic E-state index is 0.441. The summed E-state index contributed by atoms with van der Waals surface area (Å²) in [7, 11) is 8.08. The molecule has 0 aliphatic rings. The number of anilines is 2. The second kappa shape index (κ2) is 5.69. The first-order chi connectivity index (χ1) is 9.06. The maximum absolute atomic E-state index is 5.78. The zero-order chi connectivity index (χ0) is 13.8. The molecule has 4 nitrogen and oxygen atoms in total. The Morgan fingerprint density at radius 2 is 1.63 bits per heavy atom. The summed E-state index contributed by atoms with van der Waals surface area (Å²) in [5, 5.41) is 0. The average Bonchev–Trinajstić information content (AvgIpc) is 2.89. The molecule has 1 aromatic carbocycles. The van der Waals surface area contributed by atoms with Crippen molar-refractivity contribution in [3.05, 3.63) is 42.4 Å². The van der Waals surface area contributed by atoms with Crippen molar-refractivity contribution in [2.24, 2.45) is 0 Å². The second-order valence-corrected chi connectivity index (χ2v) is 4.84. The summed E-state index contributed by atoms with van der Waals surface area (Å²) in [6.45, 7) is 0.441. The maximum atomic E-state index is 5.78. The summed E-state index contributed by atoms with van der Waals surface area (Å²) in [5.74, 6) is 1.66. The van der Waals surface area contributed by atoms with Gasteiger partial charge in [0.2, 0.25) is 0 Å². The highest BCUT2D eigenvalue weighted by molar-refractivity contribution is 5.62. The number of nitrogens with zero attached hydrogens (tertiary/aromatic N) is 2. The lowest BCUT2D eigenvalue weighted by molar-refractivity contribution is 0.270. The first kappa shape index (κ1) is 13.3. The van der Waals surface area contributed by atoms with Gasteiger partial charge >= 0.3 is 0 Å². The predicted molar refractivity (Wildman–Crippen MR) is 78.1 cm³/mol. The molecular weight excluding hydrogens is 240 g/mol. The molecule has 102 valence electrons. The standard InChI is InChI=1S/C15H20N2O2/c1-16(2)12-8-13(17(3)4)10-15(9-12)19-11-14-6-5-7-18-14/h5-10H,11H2,1-4H3. The van der Waals surface area contributed by atoms with E-state index in [0.717, 1.165) is 22.9 Å². The van der Waals surface area contributed by atoms with Gasteiger partial charge in [-0.05, 0) is 18.2 Å². The summed E-state index contributed by atoms with van der Waals surface area (Å²) < 4.78 is 11.0. The van der Waals surface area contributed by atoms with Crippen LogP contribution in [0.1, 0.15) is 5.76 Å². The number of hydrogen-bond acceptors (Lipinski definition) is 4. The van der Waals surface area contributed by atoms with Crippen molar-refractivity contribution in [2.45, 2.75) is 6.61 Å². The molecule has 0 fully saturated rings. The summed E-state index contributed by atoms with van der Waals surface area (Å²) in [4.78, 5) is 4.12. The third kappa shape index (κ3) is 3.44. The number of benzene rings is 1. The van der Waals surface area contributed by atoms with Crippen LogP contribution in [0.15, 0.2) is 41.0 Å².